The van der Waals surface area contributed by atoms with E-state index in [2.05, 4.69) is 11.8 Å². The van der Waals surface area contributed by atoms with Crippen molar-refractivity contribution >= 4 is 11.6 Å². The zero-order chi connectivity index (χ0) is 7.40. The fourth-order valence-corrected chi connectivity index (χ4v) is 1.63. The Morgan fingerprint density at radius 1 is 1.60 bits per heavy atom. The van der Waals surface area contributed by atoms with Gasteiger partial charge in [0.05, 0.1) is 0 Å². The summed E-state index contributed by atoms with van der Waals surface area (Å²) in [6.45, 7) is 6.10. The third-order valence-corrected chi connectivity index (χ3v) is 2.38. The van der Waals surface area contributed by atoms with Crippen LogP contribution in [0.5, 0.6) is 0 Å². The summed E-state index contributed by atoms with van der Waals surface area (Å²) in [4.78, 5) is 2.51. The third kappa shape index (κ3) is 2.47. The lowest BCUT2D eigenvalue weighted by Gasteiger charge is -2.13. The van der Waals surface area contributed by atoms with E-state index >= 15 is 0 Å². The molecule has 1 heterocycles. The number of rotatable bonds is 3. The maximum Gasteiger partial charge on any atom is 0.0235 e. The minimum absolute atomic E-state index is 0.810. The summed E-state index contributed by atoms with van der Waals surface area (Å²) >= 11 is 5.59. The van der Waals surface area contributed by atoms with Crippen LogP contribution in [0, 0.1) is 5.92 Å². The fraction of sp³-hybridized carbons (Fsp3) is 1.00. The highest BCUT2D eigenvalue weighted by Crippen LogP contribution is 2.14. The first-order valence-electron chi connectivity index (χ1n) is 4.11. The molecule has 1 rings (SSSR count). The van der Waals surface area contributed by atoms with E-state index < -0.39 is 0 Å². The van der Waals surface area contributed by atoms with Gasteiger partial charge in [0, 0.05) is 12.4 Å². The molecule has 10 heavy (non-hydrogen) atoms. The van der Waals surface area contributed by atoms with Gasteiger partial charge in [-0.15, -0.1) is 11.6 Å². The summed E-state index contributed by atoms with van der Waals surface area (Å²) in [5, 5.41) is 0. The zero-order valence-electron chi connectivity index (χ0n) is 6.65. The molecule has 1 atom stereocenters. The van der Waals surface area contributed by atoms with Gasteiger partial charge in [0.25, 0.3) is 0 Å². The van der Waals surface area contributed by atoms with E-state index in [-0.39, 0.29) is 0 Å². The number of hydrogen-bond donors (Lipinski definition) is 0. The summed E-state index contributed by atoms with van der Waals surface area (Å²) in [6.07, 6.45) is 2.52. The van der Waals surface area contributed by atoms with Gasteiger partial charge in [-0.25, -0.2) is 0 Å². The first-order chi connectivity index (χ1) is 4.83. The largest absolute Gasteiger partial charge is 0.303 e. The molecule has 0 aromatic heterocycles. The van der Waals surface area contributed by atoms with Crippen LogP contribution in [0.15, 0.2) is 0 Å². The molecule has 0 aromatic carbocycles. The molecule has 0 N–H and O–H groups in total. The first-order valence-corrected chi connectivity index (χ1v) is 4.64. The Balaban J connectivity index is 2.06. The number of alkyl halides is 1. The Labute approximate surface area is 68.4 Å². The molecular weight excluding hydrogens is 146 g/mol. The Hall–Kier alpha value is 0.250. The quantitative estimate of drug-likeness (QED) is 0.572. The normalized spacial score (nSPS) is 27.6. The molecule has 0 radical (unpaired) electrons. The van der Waals surface area contributed by atoms with E-state index in [9.17, 15) is 0 Å². The number of nitrogens with zero attached hydrogens (tertiary/aromatic N) is 1. The Kier molecular flexibility index (Phi) is 3.50. The molecular formula is C8H16ClN. The molecule has 1 unspecified atom stereocenters. The second-order valence-electron chi connectivity index (χ2n) is 3.24. The average molecular weight is 162 g/mol. The molecule has 2 heteroatoms. The molecule has 0 amide bonds. The lowest BCUT2D eigenvalue weighted by Crippen LogP contribution is -2.21. The molecule has 0 aliphatic carbocycles. The van der Waals surface area contributed by atoms with Crippen LogP contribution in [-0.2, 0) is 0 Å². The van der Waals surface area contributed by atoms with E-state index in [0.29, 0.717) is 0 Å². The summed E-state index contributed by atoms with van der Waals surface area (Å²) in [5.74, 6) is 1.72. The molecule has 1 aliphatic rings. The van der Waals surface area contributed by atoms with Gasteiger partial charge in [-0.05, 0) is 31.8 Å². The number of likely N-dealkylation sites (tertiary alicyclic amines) is 1. The average Bonchev–Trinajstić information content (AvgIpc) is 2.31. The SMILES string of the molecule is CC1CCN(CCCCl)C1. The smallest absolute Gasteiger partial charge is 0.0235 e. The van der Waals surface area contributed by atoms with Gasteiger partial charge in [-0.1, -0.05) is 6.92 Å². The lowest BCUT2D eigenvalue weighted by atomic mass is 10.2. The minimum Gasteiger partial charge on any atom is -0.303 e. The highest BCUT2D eigenvalue weighted by Gasteiger charge is 2.16. The van der Waals surface area contributed by atoms with Gasteiger partial charge in [0.15, 0.2) is 0 Å². The molecule has 60 valence electrons. The maximum atomic E-state index is 5.59. The van der Waals surface area contributed by atoms with Gasteiger partial charge in [0.1, 0.15) is 0 Å². The number of hydrogen-bond acceptors (Lipinski definition) is 1. The molecule has 1 saturated heterocycles. The predicted octanol–water partition coefficient (Wildman–Crippen LogP) is 1.96. The maximum absolute atomic E-state index is 5.59. The van der Waals surface area contributed by atoms with Gasteiger partial charge >= 0.3 is 0 Å². The Morgan fingerprint density at radius 2 is 2.40 bits per heavy atom. The monoisotopic (exact) mass is 161 g/mol. The third-order valence-electron chi connectivity index (χ3n) is 2.12. The van der Waals surface area contributed by atoms with Crippen LogP contribution in [0.25, 0.3) is 0 Å². The van der Waals surface area contributed by atoms with Crippen LogP contribution in [0.2, 0.25) is 0 Å². The second-order valence-corrected chi connectivity index (χ2v) is 3.61. The van der Waals surface area contributed by atoms with Gasteiger partial charge in [0.2, 0.25) is 0 Å². The lowest BCUT2D eigenvalue weighted by molar-refractivity contribution is 0.329. The summed E-state index contributed by atoms with van der Waals surface area (Å²) in [5.41, 5.74) is 0. The second kappa shape index (κ2) is 4.20. The van der Waals surface area contributed by atoms with Crippen molar-refractivity contribution in [1.29, 1.82) is 0 Å². The van der Waals surface area contributed by atoms with Crippen LogP contribution in [0.4, 0.5) is 0 Å². The van der Waals surface area contributed by atoms with Crippen LogP contribution in [0.1, 0.15) is 19.8 Å². The molecule has 0 bridgehead atoms. The van der Waals surface area contributed by atoms with E-state index in [1.54, 1.807) is 0 Å². The standard InChI is InChI=1S/C8H16ClN/c1-8-3-6-10(7-8)5-2-4-9/h8H,2-7H2,1H3. The number of halogens is 1. The summed E-state index contributed by atoms with van der Waals surface area (Å²) < 4.78 is 0. The van der Waals surface area contributed by atoms with E-state index in [1.807, 2.05) is 0 Å². The van der Waals surface area contributed by atoms with Gasteiger partial charge in [-0.3, -0.25) is 0 Å². The Morgan fingerprint density at radius 3 is 2.90 bits per heavy atom. The van der Waals surface area contributed by atoms with Crippen molar-refractivity contribution in [2.45, 2.75) is 19.8 Å². The Bertz CT molecular complexity index is 95.3. The van der Waals surface area contributed by atoms with Crippen molar-refractivity contribution in [2.75, 3.05) is 25.5 Å². The van der Waals surface area contributed by atoms with E-state index in [4.69, 9.17) is 11.6 Å². The van der Waals surface area contributed by atoms with E-state index in [0.717, 1.165) is 18.2 Å². The summed E-state index contributed by atoms with van der Waals surface area (Å²) in [7, 11) is 0. The molecule has 1 fully saturated rings. The topological polar surface area (TPSA) is 3.24 Å². The van der Waals surface area contributed by atoms with Crippen LogP contribution < -0.4 is 0 Å². The fourth-order valence-electron chi connectivity index (χ4n) is 1.51. The highest BCUT2D eigenvalue weighted by molar-refractivity contribution is 6.17. The van der Waals surface area contributed by atoms with Crippen molar-refractivity contribution in [3.63, 3.8) is 0 Å². The van der Waals surface area contributed by atoms with Crippen LogP contribution >= 0.6 is 11.6 Å². The highest BCUT2D eigenvalue weighted by atomic mass is 35.5. The molecule has 0 aromatic rings. The van der Waals surface area contributed by atoms with Crippen LogP contribution in [0.3, 0.4) is 0 Å². The van der Waals surface area contributed by atoms with E-state index in [1.165, 1.54) is 26.1 Å². The first kappa shape index (κ1) is 8.35. The molecule has 0 spiro atoms. The van der Waals surface area contributed by atoms with Crippen LogP contribution in [-0.4, -0.2) is 30.4 Å². The molecule has 0 saturated carbocycles. The zero-order valence-corrected chi connectivity index (χ0v) is 7.40. The van der Waals surface area contributed by atoms with Crippen molar-refractivity contribution in [1.82, 2.24) is 4.90 Å². The van der Waals surface area contributed by atoms with Crippen molar-refractivity contribution in [2.24, 2.45) is 5.92 Å². The predicted molar refractivity (Wildman–Crippen MR) is 45.6 cm³/mol. The molecule has 1 nitrogen and oxygen atoms in total. The van der Waals surface area contributed by atoms with Gasteiger partial charge in [-0.2, -0.15) is 0 Å². The van der Waals surface area contributed by atoms with Crippen molar-refractivity contribution < 1.29 is 0 Å². The van der Waals surface area contributed by atoms with Crippen molar-refractivity contribution in [3.8, 4) is 0 Å². The van der Waals surface area contributed by atoms with Crippen molar-refractivity contribution in [3.05, 3.63) is 0 Å². The molecule has 1 aliphatic heterocycles. The summed E-state index contributed by atoms with van der Waals surface area (Å²) in [6, 6.07) is 0. The van der Waals surface area contributed by atoms with Gasteiger partial charge < -0.3 is 4.90 Å². The minimum atomic E-state index is 0.810.